The third-order valence-electron chi connectivity index (χ3n) is 6.27. The standard InChI is InChI=1S/C26H30N6O4/c1-17-4-5-18(24-29-23(36-30-24)6-8-26(2,3)34)14-20(17)28-25(33)21-16-27-22-15-19(7-9-32(21)22)31-10-12-35-13-11-31/h4-5,7,9,14-16,34H,6,8,10-13H2,1-3H3,(H,28,33). The molecule has 5 rings (SSSR count). The van der Waals surface area contributed by atoms with Crippen molar-refractivity contribution in [1.82, 2.24) is 19.5 Å². The zero-order valence-corrected chi connectivity index (χ0v) is 20.7. The summed E-state index contributed by atoms with van der Waals surface area (Å²) in [5.74, 6) is 0.628. The summed E-state index contributed by atoms with van der Waals surface area (Å²) in [6.45, 7) is 8.49. The van der Waals surface area contributed by atoms with Crippen LogP contribution < -0.4 is 10.2 Å². The summed E-state index contributed by atoms with van der Waals surface area (Å²) < 4.78 is 12.6. The molecular formula is C26H30N6O4. The van der Waals surface area contributed by atoms with Gasteiger partial charge in [0.1, 0.15) is 11.3 Å². The maximum absolute atomic E-state index is 13.2. The Bertz CT molecular complexity index is 1380. The highest BCUT2D eigenvalue weighted by atomic mass is 16.5. The summed E-state index contributed by atoms with van der Waals surface area (Å²) in [4.78, 5) is 24.3. The number of hydrogen-bond donors (Lipinski definition) is 2. The average Bonchev–Trinajstić information content (AvgIpc) is 3.51. The van der Waals surface area contributed by atoms with Gasteiger partial charge in [-0.05, 0) is 44.9 Å². The molecule has 1 aliphatic heterocycles. The van der Waals surface area contributed by atoms with Crippen molar-refractivity contribution < 1.29 is 19.2 Å². The quantitative estimate of drug-likeness (QED) is 0.404. The summed E-state index contributed by atoms with van der Waals surface area (Å²) >= 11 is 0. The zero-order valence-electron chi connectivity index (χ0n) is 20.7. The molecular weight excluding hydrogens is 460 g/mol. The van der Waals surface area contributed by atoms with E-state index in [0.29, 0.717) is 54.8 Å². The van der Waals surface area contributed by atoms with Crippen LogP contribution in [-0.2, 0) is 11.2 Å². The van der Waals surface area contributed by atoms with Crippen molar-refractivity contribution in [3.8, 4) is 11.4 Å². The van der Waals surface area contributed by atoms with Gasteiger partial charge in [0.15, 0.2) is 0 Å². The number of carbonyl (C=O) groups excluding carboxylic acids is 1. The minimum Gasteiger partial charge on any atom is -0.390 e. The molecule has 1 aromatic carbocycles. The van der Waals surface area contributed by atoms with Gasteiger partial charge in [0, 0.05) is 48.7 Å². The van der Waals surface area contributed by atoms with Crippen molar-refractivity contribution in [3.05, 3.63) is 59.9 Å². The predicted octanol–water partition coefficient (Wildman–Crippen LogP) is 3.49. The summed E-state index contributed by atoms with van der Waals surface area (Å²) in [6.07, 6.45) is 4.45. The van der Waals surface area contributed by atoms with E-state index in [1.54, 1.807) is 24.4 Å². The van der Waals surface area contributed by atoms with Gasteiger partial charge in [-0.1, -0.05) is 17.3 Å². The molecule has 3 aromatic heterocycles. The van der Waals surface area contributed by atoms with Gasteiger partial charge in [-0.2, -0.15) is 4.98 Å². The van der Waals surface area contributed by atoms with Crippen molar-refractivity contribution >= 4 is 22.9 Å². The van der Waals surface area contributed by atoms with E-state index < -0.39 is 5.60 Å². The predicted molar refractivity (Wildman–Crippen MR) is 135 cm³/mol. The third kappa shape index (κ3) is 5.24. The number of ether oxygens (including phenoxy) is 1. The molecule has 10 heteroatoms. The molecule has 0 spiro atoms. The number of anilines is 2. The Labute approximate surface area is 208 Å². The summed E-state index contributed by atoms with van der Waals surface area (Å²) in [7, 11) is 0. The van der Waals surface area contributed by atoms with E-state index in [1.807, 2.05) is 43.5 Å². The number of rotatable bonds is 7. The molecule has 10 nitrogen and oxygen atoms in total. The fourth-order valence-electron chi connectivity index (χ4n) is 4.12. The van der Waals surface area contributed by atoms with Gasteiger partial charge < -0.3 is 24.6 Å². The van der Waals surface area contributed by atoms with Crippen molar-refractivity contribution in [2.24, 2.45) is 0 Å². The second kappa shape index (κ2) is 9.71. The van der Waals surface area contributed by atoms with Crippen LogP contribution in [-0.4, -0.2) is 62.4 Å². The van der Waals surface area contributed by atoms with Gasteiger partial charge in [-0.25, -0.2) is 4.98 Å². The Morgan fingerprint density at radius 3 is 2.78 bits per heavy atom. The highest BCUT2D eigenvalue weighted by Crippen LogP contribution is 2.25. The van der Waals surface area contributed by atoms with Crippen LogP contribution in [0.1, 0.15) is 42.2 Å². The molecule has 1 fully saturated rings. The zero-order chi connectivity index (χ0) is 25.3. The Morgan fingerprint density at radius 2 is 2.00 bits per heavy atom. The van der Waals surface area contributed by atoms with Crippen LogP contribution in [0.4, 0.5) is 11.4 Å². The SMILES string of the molecule is Cc1ccc(-c2noc(CCC(C)(C)O)n2)cc1NC(=O)c1cnc2cc(N3CCOCC3)ccn12. The highest BCUT2D eigenvalue weighted by molar-refractivity contribution is 6.04. The van der Waals surface area contributed by atoms with Gasteiger partial charge in [-0.3, -0.25) is 9.20 Å². The lowest BCUT2D eigenvalue weighted by molar-refractivity contribution is 0.0689. The smallest absolute Gasteiger partial charge is 0.274 e. The Balaban J connectivity index is 1.33. The summed E-state index contributed by atoms with van der Waals surface area (Å²) in [6, 6.07) is 9.60. The number of benzene rings is 1. The van der Waals surface area contributed by atoms with Gasteiger partial charge >= 0.3 is 0 Å². The van der Waals surface area contributed by atoms with Crippen LogP contribution in [0.2, 0.25) is 0 Å². The number of amides is 1. The molecule has 0 unspecified atom stereocenters. The molecule has 4 heterocycles. The van der Waals surface area contributed by atoms with Crippen molar-refractivity contribution in [2.75, 3.05) is 36.5 Å². The normalized spacial score (nSPS) is 14.4. The van der Waals surface area contributed by atoms with Gasteiger partial charge in [0.2, 0.25) is 11.7 Å². The topological polar surface area (TPSA) is 118 Å². The van der Waals surface area contributed by atoms with Gasteiger partial charge in [0.05, 0.1) is 25.0 Å². The van der Waals surface area contributed by atoms with Crippen molar-refractivity contribution in [3.63, 3.8) is 0 Å². The van der Waals surface area contributed by atoms with Crippen LogP contribution >= 0.6 is 0 Å². The molecule has 0 atom stereocenters. The first kappa shape index (κ1) is 24.0. The third-order valence-corrected chi connectivity index (χ3v) is 6.27. The first-order valence-electron chi connectivity index (χ1n) is 12.0. The highest BCUT2D eigenvalue weighted by Gasteiger charge is 2.19. The Kier molecular flexibility index (Phi) is 6.46. The maximum atomic E-state index is 13.2. The largest absolute Gasteiger partial charge is 0.390 e. The first-order valence-corrected chi connectivity index (χ1v) is 12.0. The number of fused-ring (bicyclic) bond motifs is 1. The number of aliphatic hydroxyl groups is 1. The number of aromatic nitrogens is 4. The lowest BCUT2D eigenvalue weighted by atomic mass is 10.0. The number of aryl methyl sites for hydroxylation is 2. The number of nitrogens with one attached hydrogen (secondary N) is 1. The molecule has 188 valence electrons. The molecule has 0 radical (unpaired) electrons. The molecule has 2 N–H and O–H groups in total. The second-order valence-electron chi connectivity index (χ2n) is 9.66. The van der Waals surface area contributed by atoms with Crippen LogP contribution in [0.15, 0.2) is 47.2 Å². The fourth-order valence-corrected chi connectivity index (χ4v) is 4.12. The monoisotopic (exact) mass is 490 g/mol. The minimum atomic E-state index is -0.808. The fraction of sp³-hybridized carbons (Fsp3) is 0.385. The second-order valence-corrected chi connectivity index (χ2v) is 9.66. The van der Waals surface area contributed by atoms with E-state index in [1.165, 1.54) is 0 Å². The molecule has 0 bridgehead atoms. The number of hydrogen-bond acceptors (Lipinski definition) is 8. The average molecular weight is 491 g/mol. The minimum absolute atomic E-state index is 0.263. The number of imidazole rings is 1. The van der Waals surface area contributed by atoms with Gasteiger partial charge in [-0.15, -0.1) is 0 Å². The van der Waals surface area contributed by atoms with E-state index in [2.05, 4.69) is 25.3 Å². The number of nitrogens with zero attached hydrogens (tertiary/aromatic N) is 5. The van der Waals surface area contributed by atoms with E-state index in [4.69, 9.17) is 9.26 Å². The molecule has 0 aliphatic carbocycles. The lowest BCUT2D eigenvalue weighted by Gasteiger charge is -2.28. The van der Waals surface area contributed by atoms with Crippen LogP contribution in [0.25, 0.3) is 17.0 Å². The van der Waals surface area contributed by atoms with Crippen molar-refractivity contribution in [1.29, 1.82) is 0 Å². The Morgan fingerprint density at radius 1 is 1.19 bits per heavy atom. The molecule has 0 saturated carbocycles. The van der Waals surface area contributed by atoms with Crippen LogP contribution in [0, 0.1) is 6.92 Å². The van der Waals surface area contributed by atoms with Crippen LogP contribution in [0.3, 0.4) is 0 Å². The summed E-state index contributed by atoms with van der Waals surface area (Å²) in [5, 5.41) is 17.0. The summed E-state index contributed by atoms with van der Waals surface area (Å²) in [5.41, 5.74) is 3.69. The molecule has 1 aliphatic rings. The molecule has 36 heavy (non-hydrogen) atoms. The number of pyridine rings is 1. The molecule has 1 saturated heterocycles. The van der Waals surface area contributed by atoms with E-state index in [9.17, 15) is 9.90 Å². The number of morpholine rings is 1. The lowest BCUT2D eigenvalue weighted by Crippen LogP contribution is -2.36. The Hall–Kier alpha value is -3.76. The molecule has 4 aromatic rings. The van der Waals surface area contributed by atoms with E-state index >= 15 is 0 Å². The van der Waals surface area contributed by atoms with E-state index in [0.717, 1.165) is 29.9 Å². The van der Waals surface area contributed by atoms with E-state index in [-0.39, 0.29) is 5.91 Å². The van der Waals surface area contributed by atoms with Crippen molar-refractivity contribution in [2.45, 2.75) is 39.2 Å². The first-order chi connectivity index (χ1) is 17.3. The molecule has 1 amide bonds. The number of carbonyl (C=O) groups is 1. The maximum Gasteiger partial charge on any atom is 0.274 e. The van der Waals surface area contributed by atoms with Gasteiger partial charge in [0.25, 0.3) is 5.91 Å². The van der Waals surface area contributed by atoms with Crippen LogP contribution in [0.5, 0.6) is 0 Å².